The van der Waals surface area contributed by atoms with E-state index in [2.05, 4.69) is 9.88 Å². The summed E-state index contributed by atoms with van der Waals surface area (Å²) in [6, 6.07) is 3.94. The van der Waals surface area contributed by atoms with Crippen LogP contribution in [0.4, 0.5) is 5.69 Å². The van der Waals surface area contributed by atoms with Crippen molar-refractivity contribution in [2.45, 2.75) is 32.9 Å². The van der Waals surface area contributed by atoms with Crippen molar-refractivity contribution in [3.8, 4) is 0 Å². The van der Waals surface area contributed by atoms with Crippen LogP contribution in [-0.4, -0.2) is 48.6 Å². The van der Waals surface area contributed by atoms with Crippen molar-refractivity contribution < 1.29 is 9.53 Å². The zero-order valence-corrected chi connectivity index (χ0v) is 12.9. The largest absolute Gasteiger partial charge is 0.364 e. The van der Waals surface area contributed by atoms with Gasteiger partial charge in [0.2, 0.25) is 0 Å². The zero-order valence-electron chi connectivity index (χ0n) is 12.9. The predicted octanol–water partition coefficient (Wildman–Crippen LogP) is 1.59. The van der Waals surface area contributed by atoms with Crippen molar-refractivity contribution in [1.29, 1.82) is 0 Å². The normalized spacial score (nSPS) is 18.7. The van der Waals surface area contributed by atoms with Gasteiger partial charge in [-0.1, -0.05) is 0 Å². The van der Waals surface area contributed by atoms with E-state index in [1.807, 2.05) is 47.0 Å². The Labute approximate surface area is 120 Å². The SMILES string of the molecule is Cc1ccc(N2CCOC(C)(C)C2=O)c(CN(C)C)n1. The molecule has 1 aromatic rings. The van der Waals surface area contributed by atoms with E-state index in [0.29, 0.717) is 19.7 Å². The molecule has 1 aromatic heterocycles. The third-order valence-electron chi connectivity index (χ3n) is 3.38. The summed E-state index contributed by atoms with van der Waals surface area (Å²) in [6.45, 7) is 7.43. The fraction of sp³-hybridized carbons (Fsp3) is 0.600. The van der Waals surface area contributed by atoms with Crippen LogP contribution in [0.1, 0.15) is 25.2 Å². The van der Waals surface area contributed by atoms with E-state index in [-0.39, 0.29) is 5.91 Å². The fourth-order valence-corrected chi connectivity index (χ4v) is 2.38. The van der Waals surface area contributed by atoms with Crippen LogP contribution in [0.25, 0.3) is 0 Å². The van der Waals surface area contributed by atoms with E-state index in [1.165, 1.54) is 0 Å². The number of ether oxygens (including phenoxy) is 1. The second-order valence-corrected chi connectivity index (χ2v) is 5.97. The van der Waals surface area contributed by atoms with Crippen LogP contribution in [-0.2, 0) is 16.1 Å². The molecule has 1 saturated heterocycles. The van der Waals surface area contributed by atoms with E-state index in [0.717, 1.165) is 17.1 Å². The Morgan fingerprint density at radius 2 is 2.10 bits per heavy atom. The summed E-state index contributed by atoms with van der Waals surface area (Å²) in [7, 11) is 4.00. The molecule has 0 N–H and O–H groups in total. The van der Waals surface area contributed by atoms with Gasteiger partial charge in [0.25, 0.3) is 5.91 Å². The first-order valence-corrected chi connectivity index (χ1v) is 6.88. The molecular weight excluding hydrogens is 254 g/mol. The van der Waals surface area contributed by atoms with Crippen LogP contribution in [0, 0.1) is 6.92 Å². The maximum absolute atomic E-state index is 12.5. The molecule has 0 radical (unpaired) electrons. The predicted molar refractivity (Wildman–Crippen MR) is 78.7 cm³/mol. The van der Waals surface area contributed by atoms with Crippen LogP contribution in [0.15, 0.2) is 12.1 Å². The second kappa shape index (κ2) is 5.50. The van der Waals surface area contributed by atoms with Crippen molar-refractivity contribution in [2.75, 3.05) is 32.1 Å². The standard InChI is InChI=1S/C15H23N3O2/c1-11-6-7-13(12(16-11)10-17(4)5)18-8-9-20-15(2,3)14(18)19/h6-7H,8-10H2,1-5H3. The number of amides is 1. The lowest BCUT2D eigenvalue weighted by molar-refractivity contribution is -0.144. The third-order valence-corrected chi connectivity index (χ3v) is 3.38. The Morgan fingerprint density at radius 1 is 1.40 bits per heavy atom. The Balaban J connectivity index is 2.38. The zero-order chi connectivity index (χ0) is 14.9. The van der Waals surface area contributed by atoms with Gasteiger partial charge >= 0.3 is 0 Å². The topological polar surface area (TPSA) is 45.7 Å². The van der Waals surface area contributed by atoms with Gasteiger partial charge in [0.15, 0.2) is 0 Å². The van der Waals surface area contributed by atoms with Crippen LogP contribution < -0.4 is 4.90 Å². The molecule has 20 heavy (non-hydrogen) atoms. The molecule has 5 heteroatoms. The first kappa shape index (κ1) is 14.9. The molecule has 0 unspecified atom stereocenters. The van der Waals surface area contributed by atoms with Gasteiger partial charge in [-0.3, -0.25) is 9.78 Å². The number of aromatic nitrogens is 1. The van der Waals surface area contributed by atoms with E-state index in [1.54, 1.807) is 4.90 Å². The molecule has 1 fully saturated rings. The van der Waals surface area contributed by atoms with Crippen LogP contribution in [0.5, 0.6) is 0 Å². The average molecular weight is 277 g/mol. The number of morpholine rings is 1. The second-order valence-electron chi connectivity index (χ2n) is 5.97. The van der Waals surface area contributed by atoms with E-state index in [4.69, 9.17) is 4.74 Å². The Morgan fingerprint density at radius 3 is 2.75 bits per heavy atom. The van der Waals surface area contributed by atoms with Gasteiger partial charge in [-0.05, 0) is 47.0 Å². The highest BCUT2D eigenvalue weighted by Crippen LogP contribution is 2.27. The van der Waals surface area contributed by atoms with Crippen molar-refractivity contribution in [3.63, 3.8) is 0 Å². The number of hydrogen-bond donors (Lipinski definition) is 0. The number of carbonyl (C=O) groups excluding carboxylic acids is 1. The number of carbonyl (C=O) groups is 1. The number of rotatable bonds is 3. The minimum Gasteiger partial charge on any atom is -0.364 e. The number of anilines is 1. The summed E-state index contributed by atoms with van der Waals surface area (Å²) >= 11 is 0. The Bertz CT molecular complexity index is 512. The molecule has 0 aromatic carbocycles. The van der Waals surface area contributed by atoms with E-state index < -0.39 is 5.60 Å². The van der Waals surface area contributed by atoms with Crippen LogP contribution in [0.3, 0.4) is 0 Å². The van der Waals surface area contributed by atoms with Gasteiger partial charge in [0, 0.05) is 18.8 Å². The van der Waals surface area contributed by atoms with Gasteiger partial charge in [0.1, 0.15) is 5.60 Å². The monoisotopic (exact) mass is 277 g/mol. The maximum atomic E-state index is 12.5. The number of hydrogen-bond acceptors (Lipinski definition) is 4. The highest BCUT2D eigenvalue weighted by molar-refractivity contribution is 6.00. The molecule has 0 spiro atoms. The van der Waals surface area contributed by atoms with Gasteiger partial charge < -0.3 is 14.5 Å². The Kier molecular flexibility index (Phi) is 4.11. The minimum absolute atomic E-state index is 0.00518. The summed E-state index contributed by atoms with van der Waals surface area (Å²) in [5.74, 6) is -0.00518. The quantitative estimate of drug-likeness (QED) is 0.842. The number of aryl methyl sites for hydroxylation is 1. The molecule has 0 atom stereocenters. The fourth-order valence-electron chi connectivity index (χ4n) is 2.38. The number of nitrogens with zero attached hydrogens (tertiary/aromatic N) is 3. The molecule has 0 bridgehead atoms. The molecule has 110 valence electrons. The third kappa shape index (κ3) is 2.99. The van der Waals surface area contributed by atoms with Crippen molar-refractivity contribution in [1.82, 2.24) is 9.88 Å². The summed E-state index contributed by atoms with van der Waals surface area (Å²) in [5, 5.41) is 0. The van der Waals surface area contributed by atoms with Gasteiger partial charge in [-0.15, -0.1) is 0 Å². The van der Waals surface area contributed by atoms with E-state index >= 15 is 0 Å². The molecule has 1 aliphatic rings. The number of pyridine rings is 1. The van der Waals surface area contributed by atoms with Crippen LogP contribution >= 0.6 is 0 Å². The molecule has 5 nitrogen and oxygen atoms in total. The molecule has 0 saturated carbocycles. The lowest BCUT2D eigenvalue weighted by Gasteiger charge is -2.38. The Hall–Kier alpha value is -1.46. The highest BCUT2D eigenvalue weighted by Gasteiger charge is 2.38. The summed E-state index contributed by atoms with van der Waals surface area (Å²) in [5.41, 5.74) is 2.02. The summed E-state index contributed by atoms with van der Waals surface area (Å²) in [4.78, 5) is 21.0. The summed E-state index contributed by atoms with van der Waals surface area (Å²) in [6.07, 6.45) is 0. The molecule has 2 heterocycles. The van der Waals surface area contributed by atoms with Gasteiger partial charge in [0.05, 0.1) is 18.0 Å². The van der Waals surface area contributed by atoms with Crippen molar-refractivity contribution >= 4 is 11.6 Å². The molecule has 1 aliphatic heterocycles. The maximum Gasteiger partial charge on any atom is 0.258 e. The molecule has 0 aliphatic carbocycles. The van der Waals surface area contributed by atoms with E-state index in [9.17, 15) is 4.79 Å². The smallest absolute Gasteiger partial charge is 0.258 e. The van der Waals surface area contributed by atoms with Crippen molar-refractivity contribution in [2.24, 2.45) is 0 Å². The van der Waals surface area contributed by atoms with Crippen molar-refractivity contribution in [3.05, 3.63) is 23.5 Å². The molecular formula is C15H23N3O2. The highest BCUT2D eigenvalue weighted by atomic mass is 16.5. The lowest BCUT2D eigenvalue weighted by Crippen LogP contribution is -2.54. The van der Waals surface area contributed by atoms with Gasteiger partial charge in [-0.25, -0.2) is 0 Å². The molecule has 1 amide bonds. The first-order valence-electron chi connectivity index (χ1n) is 6.88. The van der Waals surface area contributed by atoms with Crippen LogP contribution in [0.2, 0.25) is 0 Å². The minimum atomic E-state index is -0.765. The lowest BCUT2D eigenvalue weighted by atomic mass is 10.0. The first-order chi connectivity index (χ1) is 9.31. The molecule has 2 rings (SSSR count). The average Bonchev–Trinajstić information content (AvgIpc) is 2.33. The van der Waals surface area contributed by atoms with Gasteiger partial charge in [-0.2, -0.15) is 0 Å². The summed E-state index contributed by atoms with van der Waals surface area (Å²) < 4.78 is 5.55.